The first-order valence-electron chi connectivity index (χ1n) is 8.59. The third kappa shape index (κ3) is 3.72. The van der Waals surface area contributed by atoms with Crippen molar-refractivity contribution in [3.63, 3.8) is 0 Å². The molecule has 0 aromatic heterocycles. The highest BCUT2D eigenvalue weighted by molar-refractivity contribution is 7.92. The van der Waals surface area contributed by atoms with Crippen LogP contribution in [0.25, 0.3) is 0 Å². The predicted molar refractivity (Wildman–Crippen MR) is 99.9 cm³/mol. The second-order valence-electron chi connectivity index (χ2n) is 7.57. The number of rotatable bonds is 3. The number of carbonyl (C=O) groups excluding carboxylic acids is 3. The highest BCUT2D eigenvalue weighted by atomic mass is 32.2. The van der Waals surface area contributed by atoms with Crippen molar-refractivity contribution in [2.24, 2.45) is 0 Å². The molecule has 7 nitrogen and oxygen atoms in total. The minimum atomic E-state index is -1.42. The number of carbonyl (C=O) groups is 3. The fourth-order valence-electron chi connectivity index (χ4n) is 3.09. The van der Waals surface area contributed by atoms with E-state index in [1.54, 1.807) is 58.0 Å². The molecule has 0 bridgehead atoms. The van der Waals surface area contributed by atoms with Crippen LogP contribution in [-0.2, 0) is 25.5 Å². The Balaban J connectivity index is 1.80. The van der Waals surface area contributed by atoms with Gasteiger partial charge in [-0.3, -0.25) is 14.5 Å². The van der Waals surface area contributed by atoms with E-state index in [-0.39, 0.29) is 11.4 Å². The van der Waals surface area contributed by atoms with Gasteiger partial charge >= 0.3 is 5.97 Å². The summed E-state index contributed by atoms with van der Waals surface area (Å²) in [5.41, 5.74) is 0.361. The van der Waals surface area contributed by atoms with Crippen LogP contribution < -0.4 is 5.32 Å². The summed E-state index contributed by atoms with van der Waals surface area (Å²) in [5.74, 6) is -1.35. The van der Waals surface area contributed by atoms with Crippen LogP contribution in [0.3, 0.4) is 0 Å². The van der Waals surface area contributed by atoms with Crippen LogP contribution in [0.2, 0.25) is 0 Å². The standard InChI is InChI=1S/C19H22N2O5S/c1-11-10-27(25)17-13(20-15(22)12-8-6-5-7-9-12)16(23)21(17)14(11)18(24)26-19(2,3)4/h5-9,13,17H,10H2,1-4H3,(H,20,22)/t13?,17-,27?/m1/s1. The lowest BCUT2D eigenvalue weighted by Gasteiger charge is -2.49. The van der Waals surface area contributed by atoms with Crippen molar-refractivity contribution in [2.45, 2.75) is 44.7 Å². The molecule has 2 aliphatic heterocycles. The van der Waals surface area contributed by atoms with Crippen molar-refractivity contribution in [2.75, 3.05) is 5.75 Å². The molecule has 1 saturated heterocycles. The third-order valence-electron chi connectivity index (χ3n) is 4.23. The molecule has 2 unspecified atom stereocenters. The van der Waals surface area contributed by atoms with E-state index >= 15 is 0 Å². The van der Waals surface area contributed by atoms with Gasteiger partial charge in [0.15, 0.2) is 6.04 Å². The number of hydrogen-bond acceptors (Lipinski definition) is 5. The van der Waals surface area contributed by atoms with E-state index in [1.165, 1.54) is 4.90 Å². The Labute approximate surface area is 160 Å². The number of nitrogens with zero attached hydrogens (tertiary/aromatic N) is 1. The number of hydrogen-bond donors (Lipinski definition) is 1. The van der Waals surface area contributed by atoms with E-state index in [4.69, 9.17) is 4.74 Å². The van der Waals surface area contributed by atoms with E-state index in [9.17, 15) is 18.9 Å². The van der Waals surface area contributed by atoms with Crippen LogP contribution >= 0.6 is 0 Å². The zero-order valence-electron chi connectivity index (χ0n) is 15.6. The van der Waals surface area contributed by atoms with Crippen molar-refractivity contribution < 1.29 is 23.7 Å². The quantitative estimate of drug-likeness (QED) is 0.477. The molecule has 2 heterocycles. The molecule has 27 heavy (non-hydrogen) atoms. The summed E-state index contributed by atoms with van der Waals surface area (Å²) in [5, 5.41) is 1.87. The number of fused-ring (bicyclic) bond motifs is 1. The maximum atomic E-state index is 12.7. The molecule has 3 atom stereocenters. The molecule has 0 saturated carbocycles. The second-order valence-corrected chi connectivity index (χ2v) is 9.11. The number of nitrogens with one attached hydrogen (secondary N) is 1. The van der Waals surface area contributed by atoms with Gasteiger partial charge in [0.1, 0.15) is 17.1 Å². The average Bonchev–Trinajstić information content (AvgIpc) is 2.58. The van der Waals surface area contributed by atoms with E-state index in [1.807, 2.05) is 0 Å². The topological polar surface area (TPSA) is 98.8 Å². The van der Waals surface area contributed by atoms with Gasteiger partial charge in [-0.15, -0.1) is 0 Å². The molecule has 1 aromatic carbocycles. The Morgan fingerprint density at radius 2 is 1.89 bits per heavy atom. The molecule has 1 N–H and O–H groups in total. The Morgan fingerprint density at radius 1 is 1.26 bits per heavy atom. The highest BCUT2D eigenvalue weighted by Gasteiger charge is 2.60. The molecule has 0 radical (unpaired) electrons. The van der Waals surface area contributed by atoms with Crippen LogP contribution in [-0.4, -0.2) is 50.0 Å². The lowest BCUT2D eigenvalue weighted by molar-refractivity contribution is -0.158. The normalized spacial score (nSPS) is 24.9. The molecule has 0 aliphatic carbocycles. The molecule has 1 aromatic rings. The highest BCUT2D eigenvalue weighted by Crippen LogP contribution is 2.37. The zero-order chi connectivity index (χ0) is 19.9. The van der Waals surface area contributed by atoms with E-state index in [0.29, 0.717) is 11.1 Å². The molecule has 1 fully saturated rings. The van der Waals surface area contributed by atoms with Gasteiger partial charge in [-0.05, 0) is 51.0 Å². The maximum Gasteiger partial charge on any atom is 0.355 e. The first-order valence-corrected chi connectivity index (χ1v) is 9.97. The first-order chi connectivity index (χ1) is 12.6. The molecule has 2 amide bonds. The monoisotopic (exact) mass is 390 g/mol. The predicted octanol–water partition coefficient (Wildman–Crippen LogP) is 1.33. The number of esters is 1. The van der Waals surface area contributed by atoms with Crippen LogP contribution in [0.1, 0.15) is 38.1 Å². The van der Waals surface area contributed by atoms with Gasteiger partial charge < -0.3 is 14.6 Å². The smallest absolute Gasteiger partial charge is 0.355 e. The largest absolute Gasteiger partial charge is 0.614 e. The lowest BCUT2D eigenvalue weighted by atomic mass is 10.0. The van der Waals surface area contributed by atoms with Crippen molar-refractivity contribution in [3.05, 3.63) is 47.2 Å². The maximum absolute atomic E-state index is 12.7. The molecule has 8 heteroatoms. The van der Waals surface area contributed by atoms with Crippen LogP contribution in [0.15, 0.2) is 41.6 Å². The van der Waals surface area contributed by atoms with E-state index in [2.05, 4.69) is 5.32 Å². The van der Waals surface area contributed by atoms with Crippen molar-refractivity contribution in [3.8, 4) is 0 Å². The van der Waals surface area contributed by atoms with E-state index in [0.717, 1.165) is 0 Å². The average molecular weight is 390 g/mol. The molecule has 2 aliphatic rings. The Bertz CT molecular complexity index is 815. The van der Waals surface area contributed by atoms with Gasteiger partial charge in [0.05, 0.1) is 0 Å². The van der Waals surface area contributed by atoms with Crippen molar-refractivity contribution in [1.82, 2.24) is 10.2 Å². The molecule has 144 valence electrons. The summed E-state index contributed by atoms with van der Waals surface area (Å²) in [6.45, 7) is 6.87. The minimum absolute atomic E-state index is 0.129. The number of amides is 2. The van der Waals surface area contributed by atoms with Gasteiger partial charge in [-0.1, -0.05) is 18.2 Å². The Morgan fingerprint density at radius 3 is 2.48 bits per heavy atom. The van der Waals surface area contributed by atoms with Crippen LogP contribution in [0.4, 0.5) is 0 Å². The SMILES string of the molecule is CC1=C(C(=O)OC(C)(C)C)N2C(=O)C(NC(=O)c3ccccc3)[C@H]2[S+]([O-])C1. The zero-order valence-corrected chi connectivity index (χ0v) is 16.5. The van der Waals surface area contributed by atoms with Crippen molar-refractivity contribution >= 4 is 29.0 Å². The van der Waals surface area contributed by atoms with E-state index < -0.39 is 46.0 Å². The van der Waals surface area contributed by atoms with Gasteiger partial charge in [-0.25, -0.2) is 4.79 Å². The number of ether oxygens (including phenoxy) is 1. The number of β-lactam (4-membered cyclic amide) rings is 1. The summed E-state index contributed by atoms with van der Waals surface area (Å²) < 4.78 is 18.0. The lowest BCUT2D eigenvalue weighted by Crippen LogP contribution is -2.74. The fourth-order valence-corrected chi connectivity index (χ4v) is 4.76. The first kappa shape index (κ1) is 19.4. The Kier molecular flexibility index (Phi) is 5.05. The summed E-state index contributed by atoms with van der Waals surface area (Å²) in [4.78, 5) is 38.8. The van der Waals surface area contributed by atoms with Gasteiger partial charge in [0.25, 0.3) is 11.8 Å². The molecular weight excluding hydrogens is 368 g/mol. The third-order valence-corrected chi connectivity index (χ3v) is 5.97. The molecular formula is C19H22N2O5S. The summed E-state index contributed by atoms with van der Waals surface area (Å²) in [6.07, 6.45) is 0. The Hall–Kier alpha value is -2.32. The van der Waals surface area contributed by atoms with Crippen molar-refractivity contribution in [1.29, 1.82) is 0 Å². The number of benzene rings is 1. The minimum Gasteiger partial charge on any atom is -0.614 e. The summed E-state index contributed by atoms with van der Waals surface area (Å²) in [6, 6.07) is 7.55. The van der Waals surface area contributed by atoms with Crippen LogP contribution in [0.5, 0.6) is 0 Å². The van der Waals surface area contributed by atoms with Crippen LogP contribution in [0, 0.1) is 0 Å². The second kappa shape index (κ2) is 7.01. The molecule has 3 rings (SSSR count). The van der Waals surface area contributed by atoms with Gasteiger partial charge in [0.2, 0.25) is 5.37 Å². The van der Waals surface area contributed by atoms with Gasteiger partial charge in [-0.2, -0.15) is 0 Å². The fraction of sp³-hybridized carbons (Fsp3) is 0.421. The summed E-state index contributed by atoms with van der Waals surface area (Å²) in [7, 11) is 0. The molecule has 0 spiro atoms. The summed E-state index contributed by atoms with van der Waals surface area (Å²) >= 11 is -1.42. The van der Waals surface area contributed by atoms with Gasteiger partial charge in [0, 0.05) is 11.1 Å².